The second-order valence-corrected chi connectivity index (χ2v) is 6.19. The molecule has 4 heteroatoms. The lowest BCUT2D eigenvalue weighted by atomic mass is 10.1. The highest BCUT2D eigenvalue weighted by atomic mass is 16.1. The molecule has 1 aromatic carbocycles. The topological polar surface area (TPSA) is 37.3 Å². The fourth-order valence-electron chi connectivity index (χ4n) is 3.58. The molecule has 2 aromatic rings. The van der Waals surface area contributed by atoms with Crippen molar-refractivity contribution in [2.75, 3.05) is 19.6 Å². The summed E-state index contributed by atoms with van der Waals surface area (Å²) in [5, 5.41) is 4.30. The van der Waals surface area contributed by atoms with Crippen LogP contribution < -0.4 is 5.32 Å². The number of carbonyl (C=O) groups excluding carboxylic acids is 1. The van der Waals surface area contributed by atoms with Crippen molar-refractivity contribution in [3.05, 3.63) is 36.0 Å². The lowest BCUT2D eigenvalue weighted by Gasteiger charge is -2.22. The van der Waals surface area contributed by atoms with Crippen molar-refractivity contribution in [2.45, 2.75) is 32.2 Å². The van der Waals surface area contributed by atoms with Crippen LogP contribution in [0, 0.1) is 0 Å². The monoisotopic (exact) mass is 299 g/mol. The van der Waals surface area contributed by atoms with Crippen LogP contribution in [0.3, 0.4) is 0 Å². The molecule has 0 unspecified atom stereocenters. The van der Waals surface area contributed by atoms with Gasteiger partial charge in [0.05, 0.1) is 6.42 Å². The highest BCUT2D eigenvalue weighted by molar-refractivity contribution is 5.89. The average molecular weight is 299 g/mol. The average Bonchev–Trinajstić information content (AvgIpc) is 3.11. The Labute approximate surface area is 132 Å². The van der Waals surface area contributed by atoms with Gasteiger partial charge in [0.2, 0.25) is 5.91 Å². The van der Waals surface area contributed by atoms with E-state index >= 15 is 0 Å². The van der Waals surface area contributed by atoms with Gasteiger partial charge in [0.25, 0.3) is 0 Å². The Bertz CT molecular complexity index is 661. The van der Waals surface area contributed by atoms with Crippen molar-refractivity contribution >= 4 is 16.8 Å². The first-order chi connectivity index (χ1) is 10.7. The molecule has 1 N–H and O–H groups in total. The molecule has 1 aliphatic heterocycles. The maximum absolute atomic E-state index is 12.3. The first kappa shape index (κ1) is 15.1. The van der Waals surface area contributed by atoms with Crippen LogP contribution >= 0.6 is 0 Å². The van der Waals surface area contributed by atoms with Gasteiger partial charge in [-0.05, 0) is 37.6 Å². The highest BCUT2D eigenvalue weighted by Crippen LogP contribution is 2.21. The Balaban J connectivity index is 1.61. The van der Waals surface area contributed by atoms with E-state index in [1.165, 1.54) is 30.3 Å². The third-order valence-corrected chi connectivity index (χ3v) is 4.77. The maximum Gasteiger partial charge on any atom is 0.224 e. The Kier molecular flexibility index (Phi) is 4.48. The molecule has 3 rings (SSSR count). The second-order valence-electron chi connectivity index (χ2n) is 6.19. The molecule has 22 heavy (non-hydrogen) atoms. The summed E-state index contributed by atoms with van der Waals surface area (Å²) >= 11 is 0. The van der Waals surface area contributed by atoms with Gasteiger partial charge in [-0.25, -0.2) is 0 Å². The summed E-state index contributed by atoms with van der Waals surface area (Å²) in [6.45, 7) is 5.21. The van der Waals surface area contributed by atoms with Crippen LogP contribution in [0.25, 0.3) is 10.9 Å². The highest BCUT2D eigenvalue weighted by Gasteiger charge is 2.23. The predicted molar refractivity (Wildman–Crippen MR) is 89.9 cm³/mol. The van der Waals surface area contributed by atoms with E-state index in [9.17, 15) is 4.79 Å². The van der Waals surface area contributed by atoms with E-state index < -0.39 is 0 Å². The number of likely N-dealkylation sites (tertiary alicyclic amines) is 1. The molecule has 1 saturated heterocycles. The van der Waals surface area contributed by atoms with Crippen molar-refractivity contribution < 1.29 is 4.79 Å². The van der Waals surface area contributed by atoms with Gasteiger partial charge in [0.1, 0.15) is 0 Å². The van der Waals surface area contributed by atoms with Gasteiger partial charge in [-0.15, -0.1) is 0 Å². The molecule has 0 aliphatic carbocycles. The van der Waals surface area contributed by atoms with Crippen LogP contribution in [0.1, 0.15) is 25.3 Å². The van der Waals surface area contributed by atoms with E-state index in [4.69, 9.17) is 0 Å². The van der Waals surface area contributed by atoms with E-state index in [1.54, 1.807) is 0 Å². The van der Waals surface area contributed by atoms with Crippen LogP contribution in [0.4, 0.5) is 0 Å². The van der Waals surface area contributed by atoms with Crippen molar-refractivity contribution in [3.63, 3.8) is 0 Å². The molecule has 4 nitrogen and oxygen atoms in total. The fraction of sp³-hybridized carbons (Fsp3) is 0.500. The third kappa shape index (κ3) is 3.02. The van der Waals surface area contributed by atoms with Crippen molar-refractivity contribution in [2.24, 2.45) is 7.05 Å². The summed E-state index contributed by atoms with van der Waals surface area (Å²) in [6.07, 6.45) is 4.97. The number of benzene rings is 1. The SMILES string of the molecule is CCN1CCC[C@@H]1CNC(=O)Cc1cn(C)c2ccccc12. The number of fused-ring (bicyclic) bond motifs is 1. The predicted octanol–water partition coefficient (Wildman–Crippen LogP) is 2.32. The first-order valence-corrected chi connectivity index (χ1v) is 8.22. The molecular formula is C18H25N3O. The Hall–Kier alpha value is -1.81. The number of nitrogens with one attached hydrogen (secondary N) is 1. The Morgan fingerprint density at radius 1 is 1.36 bits per heavy atom. The molecule has 1 aliphatic rings. The van der Waals surface area contributed by atoms with Gasteiger partial charge in [0, 0.05) is 36.7 Å². The number of likely N-dealkylation sites (N-methyl/N-ethyl adjacent to an activating group) is 1. The van der Waals surface area contributed by atoms with Gasteiger partial charge >= 0.3 is 0 Å². The number of hydrogen-bond donors (Lipinski definition) is 1. The van der Waals surface area contributed by atoms with Crippen molar-refractivity contribution in [1.82, 2.24) is 14.8 Å². The third-order valence-electron chi connectivity index (χ3n) is 4.77. The van der Waals surface area contributed by atoms with Gasteiger partial charge in [-0.1, -0.05) is 25.1 Å². The summed E-state index contributed by atoms with van der Waals surface area (Å²) in [7, 11) is 2.03. The van der Waals surface area contributed by atoms with Gasteiger partial charge in [0.15, 0.2) is 0 Å². The van der Waals surface area contributed by atoms with E-state index in [0.717, 1.165) is 18.7 Å². The van der Waals surface area contributed by atoms with Crippen molar-refractivity contribution in [3.8, 4) is 0 Å². The molecule has 1 aromatic heterocycles. The quantitative estimate of drug-likeness (QED) is 0.920. The van der Waals surface area contributed by atoms with Gasteiger partial charge in [-0.3, -0.25) is 9.69 Å². The number of hydrogen-bond acceptors (Lipinski definition) is 2. The number of aromatic nitrogens is 1. The molecule has 1 fully saturated rings. The van der Waals surface area contributed by atoms with E-state index in [2.05, 4.69) is 40.0 Å². The zero-order valence-corrected chi connectivity index (χ0v) is 13.5. The molecule has 2 heterocycles. The number of aryl methyl sites for hydroxylation is 1. The minimum absolute atomic E-state index is 0.124. The number of para-hydroxylation sites is 1. The molecule has 0 radical (unpaired) electrons. The lowest BCUT2D eigenvalue weighted by molar-refractivity contribution is -0.120. The second kappa shape index (κ2) is 6.53. The van der Waals surface area contributed by atoms with Gasteiger partial charge < -0.3 is 9.88 Å². The van der Waals surface area contributed by atoms with Crippen LogP contribution in [-0.2, 0) is 18.3 Å². The largest absolute Gasteiger partial charge is 0.354 e. The van der Waals surface area contributed by atoms with E-state index in [-0.39, 0.29) is 5.91 Å². The molecule has 0 saturated carbocycles. The molecule has 118 valence electrons. The molecule has 1 atom stereocenters. The lowest BCUT2D eigenvalue weighted by Crippen LogP contribution is -2.40. The molecular weight excluding hydrogens is 274 g/mol. The molecule has 0 bridgehead atoms. The Morgan fingerprint density at radius 3 is 3.00 bits per heavy atom. The van der Waals surface area contributed by atoms with E-state index in [0.29, 0.717) is 12.5 Å². The molecule has 1 amide bonds. The standard InChI is InChI=1S/C18H25N3O/c1-3-21-10-6-7-15(21)12-19-18(22)11-14-13-20(2)17-9-5-4-8-16(14)17/h4-5,8-9,13,15H,3,6-7,10-12H2,1-2H3,(H,19,22)/t15-/m1/s1. The number of carbonyl (C=O) groups is 1. The summed E-state index contributed by atoms with van der Waals surface area (Å²) in [5.74, 6) is 0.124. The minimum atomic E-state index is 0.124. The number of nitrogens with zero attached hydrogens (tertiary/aromatic N) is 2. The van der Waals surface area contributed by atoms with Gasteiger partial charge in [-0.2, -0.15) is 0 Å². The maximum atomic E-state index is 12.3. The molecule has 0 spiro atoms. The van der Waals surface area contributed by atoms with Crippen LogP contribution in [0.5, 0.6) is 0 Å². The van der Waals surface area contributed by atoms with E-state index in [1.807, 2.05) is 19.2 Å². The minimum Gasteiger partial charge on any atom is -0.354 e. The van der Waals surface area contributed by atoms with Crippen molar-refractivity contribution in [1.29, 1.82) is 0 Å². The summed E-state index contributed by atoms with van der Waals surface area (Å²) in [5.41, 5.74) is 2.28. The normalized spacial score (nSPS) is 18.9. The summed E-state index contributed by atoms with van der Waals surface area (Å²) in [4.78, 5) is 14.7. The zero-order valence-electron chi connectivity index (χ0n) is 13.5. The fourth-order valence-corrected chi connectivity index (χ4v) is 3.58. The summed E-state index contributed by atoms with van der Waals surface area (Å²) < 4.78 is 2.09. The number of amides is 1. The first-order valence-electron chi connectivity index (χ1n) is 8.22. The van der Waals surface area contributed by atoms with Crippen LogP contribution in [-0.4, -0.2) is 41.1 Å². The smallest absolute Gasteiger partial charge is 0.224 e. The number of rotatable bonds is 5. The summed E-state index contributed by atoms with van der Waals surface area (Å²) in [6, 6.07) is 8.76. The van der Waals surface area contributed by atoms with Crippen LogP contribution in [0.15, 0.2) is 30.5 Å². The Morgan fingerprint density at radius 2 is 2.18 bits per heavy atom. The zero-order chi connectivity index (χ0) is 15.5. The van der Waals surface area contributed by atoms with Crippen LogP contribution in [0.2, 0.25) is 0 Å².